The van der Waals surface area contributed by atoms with Gasteiger partial charge in [-0.2, -0.15) is 0 Å². The Balaban J connectivity index is 2.17. The minimum absolute atomic E-state index is 0.173. The summed E-state index contributed by atoms with van der Waals surface area (Å²) in [5.41, 5.74) is 7.22. The van der Waals surface area contributed by atoms with E-state index < -0.39 is 0 Å². The van der Waals surface area contributed by atoms with E-state index in [-0.39, 0.29) is 10.8 Å². The maximum Gasteiger partial charge on any atom is 0.141 e. The normalized spacial score (nSPS) is 17.9. The van der Waals surface area contributed by atoms with E-state index in [2.05, 4.69) is 26.0 Å². The Labute approximate surface area is 118 Å². The van der Waals surface area contributed by atoms with E-state index in [0.29, 0.717) is 0 Å². The average molecular weight is 271 g/mol. The number of ether oxygens (including phenoxy) is 1. The maximum absolute atomic E-state index is 6.38. The van der Waals surface area contributed by atoms with Gasteiger partial charge in [0.1, 0.15) is 11.5 Å². The zero-order valence-electron chi connectivity index (χ0n) is 11.1. The predicted octanol–water partition coefficient (Wildman–Crippen LogP) is 4.36. The number of nitrogens with two attached hydrogens (primary N) is 1. The summed E-state index contributed by atoms with van der Waals surface area (Å²) in [6, 6.07) is 16.3. The van der Waals surface area contributed by atoms with Crippen molar-refractivity contribution in [2.45, 2.75) is 29.5 Å². The summed E-state index contributed by atoms with van der Waals surface area (Å²) < 4.78 is 6.05. The molecule has 1 aliphatic heterocycles. The highest BCUT2D eigenvalue weighted by molar-refractivity contribution is 7.99. The zero-order chi connectivity index (χ0) is 13.5. The van der Waals surface area contributed by atoms with Crippen molar-refractivity contribution in [2.24, 2.45) is 5.73 Å². The molecule has 0 saturated carbocycles. The predicted molar refractivity (Wildman–Crippen MR) is 79.8 cm³/mol. The van der Waals surface area contributed by atoms with Gasteiger partial charge in [-0.1, -0.05) is 30.3 Å². The second-order valence-electron chi connectivity index (χ2n) is 5.41. The third-order valence-corrected chi connectivity index (χ3v) is 4.88. The van der Waals surface area contributed by atoms with Crippen molar-refractivity contribution in [1.82, 2.24) is 0 Å². The van der Waals surface area contributed by atoms with E-state index in [1.54, 1.807) is 11.8 Å². The lowest BCUT2D eigenvalue weighted by atomic mass is 9.95. The lowest BCUT2D eigenvalue weighted by Gasteiger charge is -2.29. The van der Waals surface area contributed by atoms with Gasteiger partial charge in [0.25, 0.3) is 0 Å². The molecule has 0 aliphatic carbocycles. The van der Waals surface area contributed by atoms with Gasteiger partial charge in [-0.15, -0.1) is 11.8 Å². The van der Waals surface area contributed by atoms with E-state index in [1.165, 1.54) is 0 Å². The van der Waals surface area contributed by atoms with Crippen LogP contribution >= 0.6 is 11.8 Å². The minimum atomic E-state index is -0.318. The summed E-state index contributed by atoms with van der Waals surface area (Å²) in [6.07, 6.45) is 0. The molecule has 2 N–H and O–H groups in total. The van der Waals surface area contributed by atoms with Crippen LogP contribution in [0.25, 0.3) is 0 Å². The van der Waals surface area contributed by atoms with Gasteiger partial charge < -0.3 is 10.5 Å². The molecule has 2 nitrogen and oxygen atoms in total. The van der Waals surface area contributed by atoms with E-state index in [4.69, 9.17) is 10.5 Å². The Bertz CT molecular complexity index is 604. The van der Waals surface area contributed by atoms with Gasteiger partial charge in [0, 0.05) is 11.1 Å². The summed E-state index contributed by atoms with van der Waals surface area (Å²) >= 11 is 1.78. The number of para-hydroxylation sites is 2. The van der Waals surface area contributed by atoms with Crippen LogP contribution in [0.2, 0.25) is 0 Å². The highest BCUT2D eigenvalue weighted by Gasteiger charge is 2.33. The van der Waals surface area contributed by atoms with Crippen LogP contribution in [0.1, 0.15) is 24.7 Å². The smallest absolute Gasteiger partial charge is 0.141 e. The Morgan fingerprint density at radius 3 is 2.37 bits per heavy atom. The lowest BCUT2D eigenvalue weighted by molar-refractivity contribution is 0.454. The van der Waals surface area contributed by atoms with E-state index in [0.717, 1.165) is 22.0 Å². The molecule has 0 fully saturated rings. The first-order valence-electron chi connectivity index (χ1n) is 6.37. The Kier molecular flexibility index (Phi) is 3.03. The van der Waals surface area contributed by atoms with Crippen LogP contribution in [-0.4, -0.2) is 5.54 Å². The molecule has 0 amide bonds. The molecule has 1 atom stereocenters. The number of thioether (sulfide) groups is 1. The molecule has 0 aromatic heterocycles. The molecule has 2 aromatic carbocycles. The monoisotopic (exact) mass is 271 g/mol. The largest absolute Gasteiger partial charge is 0.456 e. The topological polar surface area (TPSA) is 35.2 Å². The first-order chi connectivity index (χ1) is 9.05. The maximum atomic E-state index is 6.38. The molecule has 98 valence electrons. The molecule has 0 radical (unpaired) electrons. The fourth-order valence-corrected chi connectivity index (χ4v) is 3.55. The number of fused-ring (bicyclic) bond motifs is 2. The molecule has 0 saturated heterocycles. The van der Waals surface area contributed by atoms with Crippen LogP contribution < -0.4 is 10.5 Å². The highest BCUT2D eigenvalue weighted by atomic mass is 32.2. The second-order valence-corrected chi connectivity index (χ2v) is 6.55. The van der Waals surface area contributed by atoms with Crippen LogP contribution in [0.3, 0.4) is 0 Å². The number of hydrogen-bond donors (Lipinski definition) is 1. The van der Waals surface area contributed by atoms with Gasteiger partial charge in [0.15, 0.2) is 0 Å². The van der Waals surface area contributed by atoms with Crippen molar-refractivity contribution in [3.63, 3.8) is 0 Å². The molecular formula is C16H17NOS. The summed E-state index contributed by atoms with van der Waals surface area (Å²) in [7, 11) is 0. The molecule has 1 unspecified atom stereocenters. The van der Waals surface area contributed by atoms with Gasteiger partial charge >= 0.3 is 0 Å². The van der Waals surface area contributed by atoms with Gasteiger partial charge in [-0.25, -0.2) is 0 Å². The molecule has 1 heterocycles. The number of benzene rings is 2. The standard InChI is InChI=1S/C16H17NOS/c1-16(2,17)15-11-7-3-4-8-12(11)18-13-9-5-6-10-14(13)19-15/h3-10,15H,17H2,1-2H3. The van der Waals surface area contributed by atoms with E-state index >= 15 is 0 Å². The first kappa shape index (κ1) is 12.6. The van der Waals surface area contributed by atoms with Crippen LogP contribution in [0.4, 0.5) is 0 Å². The van der Waals surface area contributed by atoms with Crippen LogP contribution in [0.15, 0.2) is 53.4 Å². The summed E-state index contributed by atoms with van der Waals surface area (Å²) in [6.45, 7) is 4.13. The molecule has 1 aliphatic rings. The van der Waals surface area contributed by atoms with Gasteiger partial charge in [-0.05, 0) is 32.0 Å². The molecule has 2 aromatic rings. The van der Waals surface area contributed by atoms with Crippen LogP contribution in [0.5, 0.6) is 11.5 Å². The van der Waals surface area contributed by atoms with Crippen LogP contribution in [-0.2, 0) is 0 Å². The van der Waals surface area contributed by atoms with Crippen LogP contribution in [0, 0.1) is 0 Å². The van der Waals surface area contributed by atoms with Crippen molar-refractivity contribution < 1.29 is 4.74 Å². The minimum Gasteiger partial charge on any atom is -0.456 e. The fraction of sp³-hybridized carbons (Fsp3) is 0.250. The molecule has 0 bridgehead atoms. The Hall–Kier alpha value is -1.45. The quantitative estimate of drug-likeness (QED) is 0.836. The fourth-order valence-electron chi connectivity index (χ4n) is 2.28. The highest BCUT2D eigenvalue weighted by Crippen LogP contribution is 2.51. The summed E-state index contributed by atoms with van der Waals surface area (Å²) in [5, 5.41) is 0.173. The van der Waals surface area contributed by atoms with Gasteiger partial charge in [-0.3, -0.25) is 0 Å². The second kappa shape index (κ2) is 4.58. The van der Waals surface area contributed by atoms with E-state index in [1.807, 2.05) is 36.4 Å². The van der Waals surface area contributed by atoms with Gasteiger partial charge in [0.2, 0.25) is 0 Å². The van der Waals surface area contributed by atoms with E-state index in [9.17, 15) is 0 Å². The van der Waals surface area contributed by atoms with Crippen molar-refractivity contribution in [3.8, 4) is 11.5 Å². The third-order valence-electron chi connectivity index (χ3n) is 3.19. The lowest BCUT2D eigenvalue weighted by Crippen LogP contribution is -2.37. The number of hydrogen-bond acceptors (Lipinski definition) is 3. The Morgan fingerprint density at radius 1 is 1.00 bits per heavy atom. The number of rotatable bonds is 1. The zero-order valence-corrected chi connectivity index (χ0v) is 11.9. The summed E-state index contributed by atoms with van der Waals surface area (Å²) in [4.78, 5) is 1.14. The molecular weight excluding hydrogens is 254 g/mol. The molecule has 3 heteroatoms. The van der Waals surface area contributed by atoms with Gasteiger partial charge in [0.05, 0.1) is 10.1 Å². The third kappa shape index (κ3) is 2.36. The molecule has 3 rings (SSSR count). The Morgan fingerprint density at radius 2 is 1.63 bits per heavy atom. The summed E-state index contributed by atoms with van der Waals surface area (Å²) in [5.74, 6) is 1.81. The average Bonchev–Trinajstić information content (AvgIpc) is 2.54. The SMILES string of the molecule is CC(C)(N)C1Sc2ccccc2Oc2ccccc21. The first-order valence-corrected chi connectivity index (χ1v) is 7.25. The molecule has 19 heavy (non-hydrogen) atoms. The van der Waals surface area contributed by atoms with Crippen molar-refractivity contribution in [3.05, 3.63) is 54.1 Å². The molecule has 0 spiro atoms. The van der Waals surface area contributed by atoms with Crippen molar-refractivity contribution in [1.29, 1.82) is 0 Å². The van der Waals surface area contributed by atoms with Crippen molar-refractivity contribution >= 4 is 11.8 Å². The van der Waals surface area contributed by atoms with Crippen molar-refractivity contribution in [2.75, 3.05) is 0 Å².